The molecule has 3 heterocycles. The Morgan fingerprint density at radius 1 is 1.44 bits per heavy atom. The SMILES string of the molecule is O=C(c1csnn1)N1C2CCC1CC(Br)C2. The molecular weight excluding hydrogens is 290 g/mol. The first-order chi connectivity index (χ1) is 7.75. The van der Waals surface area contributed by atoms with Gasteiger partial charge >= 0.3 is 0 Å². The molecule has 2 bridgehead atoms. The minimum absolute atomic E-state index is 0.0700. The number of rotatable bonds is 1. The summed E-state index contributed by atoms with van der Waals surface area (Å²) in [5.41, 5.74) is 0.509. The van der Waals surface area contributed by atoms with E-state index >= 15 is 0 Å². The molecule has 0 N–H and O–H groups in total. The van der Waals surface area contributed by atoms with E-state index < -0.39 is 0 Å². The van der Waals surface area contributed by atoms with Crippen LogP contribution in [0.3, 0.4) is 0 Å². The molecule has 0 radical (unpaired) electrons. The Morgan fingerprint density at radius 3 is 2.69 bits per heavy atom. The third kappa shape index (κ3) is 1.68. The number of fused-ring (bicyclic) bond motifs is 2. The second kappa shape index (κ2) is 4.07. The number of hydrogen-bond acceptors (Lipinski definition) is 4. The second-order valence-electron chi connectivity index (χ2n) is 4.46. The van der Waals surface area contributed by atoms with Crippen LogP contribution in [-0.4, -0.2) is 37.3 Å². The zero-order chi connectivity index (χ0) is 11.1. The molecule has 1 aromatic heterocycles. The van der Waals surface area contributed by atoms with Crippen molar-refractivity contribution in [2.24, 2.45) is 0 Å². The summed E-state index contributed by atoms with van der Waals surface area (Å²) in [5.74, 6) is 0.0700. The zero-order valence-corrected chi connectivity index (χ0v) is 11.1. The van der Waals surface area contributed by atoms with Crippen molar-refractivity contribution in [3.63, 3.8) is 0 Å². The predicted octanol–water partition coefficient (Wildman–Crippen LogP) is 2.07. The maximum atomic E-state index is 12.2. The molecule has 0 saturated carbocycles. The summed E-state index contributed by atoms with van der Waals surface area (Å²) in [4.78, 5) is 14.9. The smallest absolute Gasteiger partial charge is 0.275 e. The molecule has 86 valence electrons. The van der Waals surface area contributed by atoms with Crippen LogP contribution in [0.2, 0.25) is 0 Å². The highest BCUT2D eigenvalue weighted by Gasteiger charge is 2.43. The van der Waals surface area contributed by atoms with Crippen molar-refractivity contribution in [1.29, 1.82) is 0 Å². The fourth-order valence-corrected chi connectivity index (χ4v) is 4.13. The number of hydrogen-bond donors (Lipinski definition) is 0. The Balaban J connectivity index is 1.84. The van der Waals surface area contributed by atoms with E-state index in [1.807, 2.05) is 4.90 Å². The van der Waals surface area contributed by atoms with E-state index in [0.29, 0.717) is 22.6 Å². The number of halogens is 1. The van der Waals surface area contributed by atoms with Crippen LogP contribution in [0.5, 0.6) is 0 Å². The molecule has 2 aliphatic rings. The lowest BCUT2D eigenvalue weighted by atomic mass is 10.0. The van der Waals surface area contributed by atoms with Gasteiger partial charge in [-0.3, -0.25) is 4.79 Å². The highest BCUT2D eigenvalue weighted by molar-refractivity contribution is 9.09. The Morgan fingerprint density at radius 2 is 2.12 bits per heavy atom. The van der Waals surface area contributed by atoms with Crippen molar-refractivity contribution in [2.45, 2.75) is 42.6 Å². The lowest BCUT2D eigenvalue weighted by Crippen LogP contribution is -2.46. The summed E-state index contributed by atoms with van der Waals surface area (Å²) in [6.07, 6.45) is 4.41. The molecule has 1 amide bonds. The van der Waals surface area contributed by atoms with Crippen LogP contribution in [0.15, 0.2) is 5.38 Å². The topological polar surface area (TPSA) is 46.1 Å². The minimum Gasteiger partial charge on any atom is -0.331 e. The van der Waals surface area contributed by atoms with Crippen LogP contribution < -0.4 is 0 Å². The summed E-state index contributed by atoms with van der Waals surface area (Å²) in [5, 5.41) is 5.61. The summed E-state index contributed by atoms with van der Waals surface area (Å²) in [6.45, 7) is 0. The average molecular weight is 302 g/mol. The summed E-state index contributed by atoms with van der Waals surface area (Å²) in [6, 6.07) is 0.801. The minimum atomic E-state index is 0.0700. The van der Waals surface area contributed by atoms with Crippen molar-refractivity contribution >= 4 is 33.4 Å². The Labute approximate surface area is 106 Å². The fraction of sp³-hybridized carbons (Fsp3) is 0.700. The summed E-state index contributed by atoms with van der Waals surface area (Å²) in [7, 11) is 0. The molecule has 2 atom stereocenters. The molecule has 2 unspecified atom stereocenters. The molecule has 0 spiro atoms. The van der Waals surface area contributed by atoms with Gasteiger partial charge in [-0.1, -0.05) is 20.4 Å². The molecule has 4 nitrogen and oxygen atoms in total. The number of alkyl halides is 1. The number of piperidine rings is 1. The van der Waals surface area contributed by atoms with Crippen LogP contribution in [0.4, 0.5) is 0 Å². The number of amides is 1. The van der Waals surface area contributed by atoms with Crippen LogP contribution >= 0.6 is 27.5 Å². The molecule has 0 aliphatic carbocycles. The number of carbonyl (C=O) groups is 1. The molecule has 0 aromatic carbocycles. The second-order valence-corrected chi connectivity index (χ2v) is 6.36. The Kier molecular flexibility index (Phi) is 2.71. The van der Waals surface area contributed by atoms with E-state index in [2.05, 4.69) is 25.5 Å². The fourth-order valence-electron chi connectivity index (χ4n) is 2.83. The monoisotopic (exact) mass is 301 g/mol. The van der Waals surface area contributed by atoms with Gasteiger partial charge in [0.25, 0.3) is 5.91 Å². The summed E-state index contributed by atoms with van der Waals surface area (Å²) >= 11 is 4.91. The van der Waals surface area contributed by atoms with E-state index in [1.54, 1.807) is 5.38 Å². The Bertz CT molecular complexity index is 383. The summed E-state index contributed by atoms with van der Waals surface area (Å²) < 4.78 is 3.76. The van der Waals surface area contributed by atoms with Gasteiger partial charge in [0.2, 0.25) is 0 Å². The molecule has 2 aliphatic heterocycles. The zero-order valence-electron chi connectivity index (χ0n) is 8.67. The van der Waals surface area contributed by atoms with Crippen molar-refractivity contribution in [2.75, 3.05) is 0 Å². The van der Waals surface area contributed by atoms with Gasteiger partial charge in [-0.25, -0.2) is 0 Å². The molecule has 16 heavy (non-hydrogen) atoms. The van der Waals surface area contributed by atoms with Crippen molar-refractivity contribution in [3.05, 3.63) is 11.1 Å². The van der Waals surface area contributed by atoms with Gasteiger partial charge in [-0.05, 0) is 37.2 Å². The predicted molar refractivity (Wildman–Crippen MR) is 64.8 cm³/mol. The molecular formula is C10H12BrN3OS. The number of carbonyl (C=O) groups excluding carboxylic acids is 1. The molecule has 6 heteroatoms. The van der Waals surface area contributed by atoms with Crippen LogP contribution in [0.1, 0.15) is 36.2 Å². The van der Waals surface area contributed by atoms with Gasteiger partial charge in [-0.2, -0.15) is 0 Å². The van der Waals surface area contributed by atoms with E-state index in [-0.39, 0.29) is 5.91 Å². The third-order valence-corrected chi connectivity index (χ3v) is 4.74. The first-order valence-corrected chi connectivity index (χ1v) is 7.24. The van der Waals surface area contributed by atoms with Gasteiger partial charge in [-0.15, -0.1) is 5.10 Å². The molecule has 2 fully saturated rings. The van der Waals surface area contributed by atoms with Gasteiger partial charge in [0, 0.05) is 22.3 Å². The van der Waals surface area contributed by atoms with Crippen LogP contribution in [0.25, 0.3) is 0 Å². The maximum absolute atomic E-state index is 12.2. The third-order valence-electron chi connectivity index (χ3n) is 3.49. The first kappa shape index (κ1) is 10.7. The first-order valence-electron chi connectivity index (χ1n) is 5.49. The molecule has 1 aromatic rings. The highest BCUT2D eigenvalue weighted by atomic mass is 79.9. The van der Waals surface area contributed by atoms with Crippen molar-refractivity contribution < 1.29 is 4.79 Å². The Hall–Kier alpha value is -0.490. The average Bonchev–Trinajstić information content (AvgIpc) is 2.85. The lowest BCUT2D eigenvalue weighted by Gasteiger charge is -2.36. The lowest BCUT2D eigenvalue weighted by molar-refractivity contribution is 0.0597. The standard InChI is InChI=1S/C10H12BrN3OS/c11-6-3-7-1-2-8(4-6)14(7)10(15)9-5-16-13-12-9/h5-8H,1-4H2. The van der Waals surface area contributed by atoms with Crippen molar-refractivity contribution in [1.82, 2.24) is 14.5 Å². The van der Waals surface area contributed by atoms with Gasteiger partial charge in [0.15, 0.2) is 5.69 Å². The molecule has 2 saturated heterocycles. The maximum Gasteiger partial charge on any atom is 0.275 e. The van der Waals surface area contributed by atoms with Crippen LogP contribution in [-0.2, 0) is 0 Å². The van der Waals surface area contributed by atoms with Crippen LogP contribution in [0, 0.1) is 0 Å². The molecule has 3 rings (SSSR count). The largest absolute Gasteiger partial charge is 0.331 e. The van der Waals surface area contributed by atoms with Gasteiger partial charge in [0.05, 0.1) is 0 Å². The highest BCUT2D eigenvalue weighted by Crippen LogP contribution is 2.39. The van der Waals surface area contributed by atoms with Crippen molar-refractivity contribution in [3.8, 4) is 0 Å². The van der Waals surface area contributed by atoms with Gasteiger partial charge < -0.3 is 4.90 Å². The number of aromatic nitrogens is 2. The van der Waals surface area contributed by atoms with E-state index in [1.165, 1.54) is 11.5 Å². The van der Waals surface area contributed by atoms with Gasteiger partial charge in [0.1, 0.15) is 0 Å². The number of nitrogens with zero attached hydrogens (tertiary/aromatic N) is 3. The van der Waals surface area contributed by atoms with E-state index in [9.17, 15) is 4.79 Å². The normalized spacial score (nSPS) is 33.1. The van der Waals surface area contributed by atoms with E-state index in [0.717, 1.165) is 25.7 Å². The quantitative estimate of drug-likeness (QED) is 0.746. The van der Waals surface area contributed by atoms with E-state index in [4.69, 9.17) is 0 Å².